The Morgan fingerprint density at radius 2 is 2.00 bits per heavy atom. The van der Waals surface area contributed by atoms with Gasteiger partial charge in [-0.25, -0.2) is 0 Å². The van der Waals surface area contributed by atoms with Gasteiger partial charge in [0.05, 0.1) is 12.6 Å². The Labute approximate surface area is 115 Å². The Morgan fingerprint density at radius 3 is 2.63 bits per heavy atom. The second-order valence-electron chi connectivity index (χ2n) is 5.65. The Hall–Kier alpha value is -1.35. The topological polar surface area (TPSA) is 30.7 Å². The van der Waals surface area contributed by atoms with Crippen molar-refractivity contribution >= 4 is 5.97 Å². The third-order valence-electron chi connectivity index (χ3n) is 4.36. The molecule has 3 heteroatoms. The number of hydrogen-bond acceptors (Lipinski definition) is 2. The zero-order chi connectivity index (χ0) is 13.8. The summed E-state index contributed by atoms with van der Waals surface area (Å²) in [6, 6.07) is 11.1. The van der Waals surface area contributed by atoms with Crippen LogP contribution in [0.5, 0.6) is 0 Å². The summed E-state index contributed by atoms with van der Waals surface area (Å²) in [6.07, 6.45) is 1.06. The van der Waals surface area contributed by atoms with Crippen LogP contribution in [-0.4, -0.2) is 24.7 Å². The standard InChI is InChI=1S/C16H23NO2/c1-12-13(2)17(10-9-16(12)19-14(3)18)11-15-7-5-4-6-8-15/h4-8,12-13,16H,9-11H2,1-3H3/p+1/t12-,13+,16+/m1/s1. The third-order valence-corrected chi connectivity index (χ3v) is 4.36. The van der Waals surface area contributed by atoms with Gasteiger partial charge in [-0.2, -0.15) is 0 Å². The lowest BCUT2D eigenvalue weighted by atomic mass is 9.88. The summed E-state index contributed by atoms with van der Waals surface area (Å²) < 4.78 is 5.42. The second-order valence-corrected chi connectivity index (χ2v) is 5.65. The van der Waals surface area contributed by atoms with Crippen molar-refractivity contribution in [2.45, 2.75) is 45.9 Å². The van der Waals surface area contributed by atoms with Gasteiger partial charge in [0, 0.05) is 24.8 Å². The first-order valence-electron chi connectivity index (χ1n) is 7.13. The summed E-state index contributed by atoms with van der Waals surface area (Å²) in [6.45, 7) is 8.08. The molecular weight excluding hydrogens is 238 g/mol. The van der Waals surface area contributed by atoms with Crippen LogP contribution in [0.25, 0.3) is 0 Å². The van der Waals surface area contributed by atoms with Gasteiger partial charge >= 0.3 is 5.97 Å². The normalized spacial score (nSPS) is 30.9. The van der Waals surface area contributed by atoms with Gasteiger partial charge in [0.25, 0.3) is 0 Å². The van der Waals surface area contributed by atoms with Crippen molar-refractivity contribution in [1.82, 2.24) is 0 Å². The summed E-state index contributed by atoms with van der Waals surface area (Å²) in [5.74, 6) is 0.256. The van der Waals surface area contributed by atoms with E-state index in [9.17, 15) is 4.79 Å². The number of hydrogen-bond donors (Lipinski definition) is 1. The molecule has 19 heavy (non-hydrogen) atoms. The number of ether oxygens (including phenoxy) is 1. The molecular formula is C16H24NO2+. The minimum Gasteiger partial charge on any atom is -0.462 e. The summed E-state index contributed by atoms with van der Waals surface area (Å²) in [7, 11) is 0. The Bertz CT molecular complexity index is 418. The number of quaternary nitrogens is 1. The van der Waals surface area contributed by atoms with E-state index in [1.54, 1.807) is 4.90 Å². The molecule has 0 aromatic heterocycles. The minimum absolute atomic E-state index is 0.0898. The van der Waals surface area contributed by atoms with Gasteiger partial charge in [0.1, 0.15) is 12.6 Å². The number of benzene rings is 1. The molecule has 4 atom stereocenters. The number of carbonyl (C=O) groups excluding carboxylic acids is 1. The van der Waals surface area contributed by atoms with Crippen LogP contribution in [0.15, 0.2) is 30.3 Å². The molecule has 1 aromatic carbocycles. The van der Waals surface area contributed by atoms with E-state index in [2.05, 4.69) is 44.2 Å². The van der Waals surface area contributed by atoms with Crippen LogP contribution in [0.4, 0.5) is 0 Å². The summed E-state index contributed by atoms with van der Waals surface area (Å²) >= 11 is 0. The van der Waals surface area contributed by atoms with Crippen LogP contribution in [0.3, 0.4) is 0 Å². The van der Waals surface area contributed by atoms with E-state index in [4.69, 9.17) is 4.74 Å². The quantitative estimate of drug-likeness (QED) is 0.836. The van der Waals surface area contributed by atoms with E-state index in [0.717, 1.165) is 19.5 Å². The largest absolute Gasteiger partial charge is 0.462 e. The molecule has 1 saturated heterocycles. The van der Waals surface area contributed by atoms with Gasteiger partial charge in [-0.3, -0.25) is 4.79 Å². The highest BCUT2D eigenvalue weighted by Gasteiger charge is 2.37. The molecule has 104 valence electrons. The zero-order valence-corrected chi connectivity index (χ0v) is 12.1. The number of nitrogens with one attached hydrogen (secondary N) is 1. The average molecular weight is 262 g/mol. The third kappa shape index (κ3) is 3.57. The van der Waals surface area contributed by atoms with Crippen LogP contribution in [0, 0.1) is 5.92 Å². The maximum absolute atomic E-state index is 11.1. The summed E-state index contributed by atoms with van der Waals surface area (Å²) in [5.41, 5.74) is 1.38. The highest BCUT2D eigenvalue weighted by molar-refractivity contribution is 5.66. The van der Waals surface area contributed by atoms with Crippen molar-refractivity contribution in [3.05, 3.63) is 35.9 Å². The Kier molecular flexibility index (Phi) is 4.59. The first kappa shape index (κ1) is 14.1. The highest BCUT2D eigenvalue weighted by atomic mass is 16.5. The molecule has 0 aliphatic carbocycles. The lowest BCUT2D eigenvalue weighted by molar-refractivity contribution is -0.947. The first-order chi connectivity index (χ1) is 9.08. The lowest BCUT2D eigenvalue weighted by Gasteiger charge is -2.39. The summed E-state index contributed by atoms with van der Waals surface area (Å²) in [4.78, 5) is 12.7. The van der Waals surface area contributed by atoms with Crippen LogP contribution in [0.1, 0.15) is 32.8 Å². The minimum atomic E-state index is -0.157. The molecule has 0 radical (unpaired) electrons. The Morgan fingerprint density at radius 1 is 1.32 bits per heavy atom. The van der Waals surface area contributed by atoms with Gasteiger partial charge in [-0.1, -0.05) is 37.3 Å². The van der Waals surface area contributed by atoms with Crippen LogP contribution >= 0.6 is 0 Å². The van der Waals surface area contributed by atoms with E-state index in [0.29, 0.717) is 12.0 Å². The fourth-order valence-electron chi connectivity index (χ4n) is 3.00. The predicted octanol–water partition coefficient (Wildman–Crippen LogP) is 1.43. The maximum Gasteiger partial charge on any atom is 0.302 e. The molecule has 0 spiro atoms. The van der Waals surface area contributed by atoms with Crippen molar-refractivity contribution in [1.29, 1.82) is 0 Å². The van der Waals surface area contributed by atoms with E-state index in [1.165, 1.54) is 12.5 Å². The molecule has 1 aromatic rings. The van der Waals surface area contributed by atoms with E-state index in [1.807, 2.05) is 0 Å². The SMILES string of the molecule is CC(=O)O[C@H]1CC[NH+](Cc2ccccc2)[C@@H](C)[C@H]1C. The van der Waals surface area contributed by atoms with Crippen molar-refractivity contribution in [3.8, 4) is 0 Å². The molecule has 0 amide bonds. The van der Waals surface area contributed by atoms with Crippen molar-refractivity contribution in [3.63, 3.8) is 0 Å². The molecule has 1 N–H and O–H groups in total. The molecule has 1 aliphatic heterocycles. The fraction of sp³-hybridized carbons (Fsp3) is 0.562. The predicted molar refractivity (Wildman–Crippen MR) is 74.8 cm³/mol. The molecule has 1 aliphatic rings. The lowest BCUT2D eigenvalue weighted by Crippen LogP contribution is -3.16. The van der Waals surface area contributed by atoms with Gasteiger partial charge in [0.15, 0.2) is 0 Å². The van der Waals surface area contributed by atoms with Gasteiger partial charge in [0.2, 0.25) is 0 Å². The molecule has 0 saturated carbocycles. The second kappa shape index (κ2) is 6.20. The molecule has 3 nitrogen and oxygen atoms in total. The average Bonchev–Trinajstić information content (AvgIpc) is 2.39. The van der Waals surface area contributed by atoms with Gasteiger partial charge < -0.3 is 9.64 Å². The van der Waals surface area contributed by atoms with E-state index in [-0.39, 0.29) is 12.1 Å². The van der Waals surface area contributed by atoms with Crippen LogP contribution in [0.2, 0.25) is 0 Å². The molecule has 0 bridgehead atoms. The Balaban J connectivity index is 1.97. The number of likely N-dealkylation sites (tertiary alicyclic amines) is 1. The molecule has 2 rings (SSSR count). The molecule has 1 fully saturated rings. The van der Waals surface area contributed by atoms with E-state index < -0.39 is 0 Å². The number of piperidine rings is 1. The monoisotopic (exact) mass is 262 g/mol. The van der Waals surface area contributed by atoms with Gasteiger partial charge in [-0.05, 0) is 6.92 Å². The van der Waals surface area contributed by atoms with Gasteiger partial charge in [-0.15, -0.1) is 0 Å². The number of carbonyl (C=O) groups is 1. The van der Waals surface area contributed by atoms with Crippen LogP contribution in [-0.2, 0) is 16.1 Å². The highest BCUT2D eigenvalue weighted by Crippen LogP contribution is 2.17. The molecule has 1 heterocycles. The van der Waals surface area contributed by atoms with Crippen molar-refractivity contribution in [2.24, 2.45) is 5.92 Å². The van der Waals surface area contributed by atoms with Crippen molar-refractivity contribution < 1.29 is 14.4 Å². The molecule has 1 unspecified atom stereocenters. The zero-order valence-electron chi connectivity index (χ0n) is 12.1. The first-order valence-corrected chi connectivity index (χ1v) is 7.13. The van der Waals surface area contributed by atoms with E-state index >= 15 is 0 Å². The van der Waals surface area contributed by atoms with Crippen LogP contribution < -0.4 is 4.90 Å². The number of rotatable bonds is 3. The van der Waals surface area contributed by atoms with Crippen molar-refractivity contribution in [2.75, 3.05) is 6.54 Å². The summed E-state index contributed by atoms with van der Waals surface area (Å²) in [5, 5.41) is 0. The fourth-order valence-corrected chi connectivity index (χ4v) is 3.00. The maximum atomic E-state index is 11.1. The smallest absolute Gasteiger partial charge is 0.302 e. The number of esters is 1.